The van der Waals surface area contributed by atoms with Gasteiger partial charge in [-0.3, -0.25) is 0 Å². The molecule has 84 valence electrons. The van der Waals surface area contributed by atoms with Crippen LogP contribution in [0.25, 0.3) is 11.3 Å². The van der Waals surface area contributed by atoms with E-state index in [2.05, 4.69) is 30.4 Å². The summed E-state index contributed by atoms with van der Waals surface area (Å²) in [5.74, 6) is 0.182. The molecule has 0 atom stereocenters. The summed E-state index contributed by atoms with van der Waals surface area (Å²) in [6, 6.07) is 7.88. The summed E-state index contributed by atoms with van der Waals surface area (Å²) < 4.78 is 1.47. The second-order valence-corrected chi connectivity index (χ2v) is 4.54. The molecule has 3 nitrogen and oxygen atoms in total. The molecule has 0 amide bonds. The van der Waals surface area contributed by atoms with E-state index in [1.165, 1.54) is 15.1 Å². The molecule has 1 aromatic heterocycles. The van der Waals surface area contributed by atoms with E-state index in [4.69, 9.17) is 0 Å². The van der Waals surface area contributed by atoms with Crippen molar-refractivity contribution in [2.45, 2.75) is 11.8 Å². The number of aromatic hydroxyl groups is 1. The van der Waals surface area contributed by atoms with Crippen molar-refractivity contribution in [3.05, 3.63) is 29.8 Å². The molecule has 1 heterocycles. The number of aromatic nitrogens is 2. The van der Waals surface area contributed by atoms with Crippen LogP contribution in [0.1, 0.15) is 5.56 Å². The second kappa shape index (κ2) is 4.22. The second-order valence-electron chi connectivity index (χ2n) is 3.70. The summed E-state index contributed by atoms with van der Waals surface area (Å²) in [6.45, 7) is 2.08. The molecular weight excluding hydrogens is 220 g/mol. The Morgan fingerprint density at radius 1 is 1.31 bits per heavy atom. The van der Waals surface area contributed by atoms with Crippen LogP contribution in [-0.2, 0) is 7.05 Å². The van der Waals surface area contributed by atoms with Crippen LogP contribution in [0.15, 0.2) is 29.2 Å². The summed E-state index contributed by atoms with van der Waals surface area (Å²) in [5.41, 5.74) is 3.07. The van der Waals surface area contributed by atoms with Crippen molar-refractivity contribution in [1.82, 2.24) is 9.78 Å². The zero-order valence-electron chi connectivity index (χ0n) is 9.56. The monoisotopic (exact) mass is 234 g/mol. The molecule has 0 saturated carbocycles. The Bertz CT molecular complexity index is 500. The van der Waals surface area contributed by atoms with Gasteiger partial charge >= 0.3 is 0 Å². The standard InChI is InChI=1S/C12H14N2OS/c1-8-6-9(4-5-11(8)16-3)10-7-12(15)14(2)13-10/h4-7,15H,1-3H3. The molecule has 2 rings (SSSR count). The zero-order chi connectivity index (χ0) is 11.7. The largest absolute Gasteiger partial charge is 0.493 e. The summed E-state index contributed by atoms with van der Waals surface area (Å²) in [6.07, 6.45) is 2.06. The van der Waals surface area contributed by atoms with Crippen LogP contribution in [0.4, 0.5) is 0 Å². The van der Waals surface area contributed by atoms with Crippen LogP contribution in [-0.4, -0.2) is 21.1 Å². The number of thioether (sulfide) groups is 1. The molecule has 0 bridgehead atoms. The lowest BCUT2D eigenvalue weighted by Crippen LogP contribution is -1.89. The Kier molecular flexibility index (Phi) is 2.92. The highest BCUT2D eigenvalue weighted by Crippen LogP contribution is 2.27. The first-order chi connectivity index (χ1) is 7.61. The van der Waals surface area contributed by atoms with Gasteiger partial charge in [0.05, 0.1) is 5.69 Å². The van der Waals surface area contributed by atoms with Gasteiger partial charge in [0.1, 0.15) is 0 Å². The predicted octanol–water partition coefficient (Wildman–Crippen LogP) is 2.82. The average molecular weight is 234 g/mol. The Morgan fingerprint density at radius 3 is 2.56 bits per heavy atom. The third-order valence-corrected chi connectivity index (χ3v) is 3.44. The van der Waals surface area contributed by atoms with Crippen LogP contribution in [0.2, 0.25) is 0 Å². The molecule has 0 unspecified atom stereocenters. The maximum Gasteiger partial charge on any atom is 0.209 e. The first-order valence-electron chi connectivity index (χ1n) is 5.00. The van der Waals surface area contributed by atoms with Gasteiger partial charge in [-0.25, -0.2) is 4.68 Å². The topological polar surface area (TPSA) is 38.0 Å². The molecule has 16 heavy (non-hydrogen) atoms. The Hall–Kier alpha value is -1.42. The SMILES string of the molecule is CSc1ccc(-c2cc(O)n(C)n2)cc1C. The lowest BCUT2D eigenvalue weighted by atomic mass is 10.1. The van der Waals surface area contributed by atoms with Gasteiger partial charge in [0.15, 0.2) is 0 Å². The van der Waals surface area contributed by atoms with E-state index in [0.717, 1.165) is 11.3 Å². The summed E-state index contributed by atoms with van der Waals surface area (Å²) in [7, 11) is 1.72. The van der Waals surface area contributed by atoms with Gasteiger partial charge < -0.3 is 5.11 Å². The van der Waals surface area contributed by atoms with Crippen molar-refractivity contribution in [3.63, 3.8) is 0 Å². The Balaban J connectivity index is 2.45. The van der Waals surface area contributed by atoms with Crippen LogP contribution < -0.4 is 0 Å². The summed E-state index contributed by atoms with van der Waals surface area (Å²) >= 11 is 1.73. The number of hydrogen-bond donors (Lipinski definition) is 1. The number of nitrogens with zero attached hydrogens (tertiary/aromatic N) is 2. The molecule has 1 aromatic carbocycles. The highest BCUT2D eigenvalue weighted by molar-refractivity contribution is 7.98. The fourth-order valence-electron chi connectivity index (χ4n) is 1.64. The van der Waals surface area contributed by atoms with Gasteiger partial charge in [0, 0.05) is 23.6 Å². The fourth-order valence-corrected chi connectivity index (χ4v) is 2.22. The van der Waals surface area contributed by atoms with Crippen LogP contribution in [0.3, 0.4) is 0 Å². The van der Waals surface area contributed by atoms with Gasteiger partial charge in [0.25, 0.3) is 0 Å². The van der Waals surface area contributed by atoms with Crippen LogP contribution >= 0.6 is 11.8 Å². The average Bonchev–Trinajstić information content (AvgIpc) is 2.59. The fraction of sp³-hybridized carbons (Fsp3) is 0.250. The van der Waals surface area contributed by atoms with Crippen molar-refractivity contribution in [3.8, 4) is 17.1 Å². The van der Waals surface area contributed by atoms with E-state index in [9.17, 15) is 5.11 Å². The Morgan fingerprint density at radius 2 is 2.06 bits per heavy atom. The lowest BCUT2D eigenvalue weighted by molar-refractivity contribution is 0.419. The van der Waals surface area contributed by atoms with Crippen molar-refractivity contribution in [2.24, 2.45) is 7.05 Å². The van der Waals surface area contributed by atoms with E-state index in [0.29, 0.717) is 0 Å². The molecule has 0 fully saturated rings. The molecule has 2 aromatic rings. The lowest BCUT2D eigenvalue weighted by Gasteiger charge is -2.04. The molecule has 0 radical (unpaired) electrons. The maximum absolute atomic E-state index is 9.47. The van der Waals surface area contributed by atoms with Gasteiger partial charge in [0.2, 0.25) is 5.88 Å². The first kappa shape index (κ1) is 11.1. The minimum absolute atomic E-state index is 0.182. The third kappa shape index (κ3) is 1.93. The molecular formula is C12H14N2OS. The van der Waals surface area contributed by atoms with Crippen molar-refractivity contribution >= 4 is 11.8 Å². The van der Waals surface area contributed by atoms with Gasteiger partial charge in [-0.2, -0.15) is 5.10 Å². The van der Waals surface area contributed by atoms with Crippen LogP contribution in [0, 0.1) is 6.92 Å². The molecule has 0 aliphatic rings. The van der Waals surface area contributed by atoms with E-state index in [-0.39, 0.29) is 5.88 Å². The summed E-state index contributed by atoms with van der Waals surface area (Å²) in [5, 5.41) is 13.7. The molecule has 1 N–H and O–H groups in total. The minimum Gasteiger partial charge on any atom is -0.493 e. The Labute approximate surface area is 99.1 Å². The number of aryl methyl sites for hydroxylation is 2. The van der Waals surface area contributed by atoms with Gasteiger partial charge in [-0.05, 0) is 30.9 Å². The number of hydrogen-bond acceptors (Lipinski definition) is 3. The highest BCUT2D eigenvalue weighted by Gasteiger charge is 2.07. The van der Waals surface area contributed by atoms with Crippen molar-refractivity contribution in [1.29, 1.82) is 0 Å². The van der Waals surface area contributed by atoms with Gasteiger partial charge in [-0.1, -0.05) is 6.07 Å². The normalized spacial score (nSPS) is 10.7. The van der Waals surface area contributed by atoms with Gasteiger partial charge in [-0.15, -0.1) is 11.8 Å². The van der Waals surface area contributed by atoms with E-state index in [1.807, 2.05) is 6.07 Å². The smallest absolute Gasteiger partial charge is 0.209 e. The minimum atomic E-state index is 0.182. The number of benzene rings is 1. The van der Waals surface area contributed by atoms with Crippen molar-refractivity contribution in [2.75, 3.05) is 6.26 Å². The molecule has 0 saturated heterocycles. The maximum atomic E-state index is 9.47. The van der Waals surface area contributed by atoms with Crippen LogP contribution in [0.5, 0.6) is 5.88 Å². The van der Waals surface area contributed by atoms with E-state index < -0.39 is 0 Å². The predicted molar refractivity (Wildman–Crippen MR) is 66.8 cm³/mol. The molecule has 0 aliphatic heterocycles. The highest BCUT2D eigenvalue weighted by atomic mass is 32.2. The third-order valence-electron chi connectivity index (χ3n) is 2.55. The summed E-state index contributed by atoms with van der Waals surface area (Å²) in [4.78, 5) is 1.27. The molecule has 0 aliphatic carbocycles. The van der Waals surface area contributed by atoms with E-state index >= 15 is 0 Å². The molecule has 0 spiro atoms. The zero-order valence-corrected chi connectivity index (χ0v) is 10.4. The van der Waals surface area contributed by atoms with Crippen molar-refractivity contribution < 1.29 is 5.11 Å². The number of rotatable bonds is 2. The molecule has 4 heteroatoms. The quantitative estimate of drug-likeness (QED) is 0.812. The van der Waals surface area contributed by atoms with E-state index in [1.54, 1.807) is 24.9 Å². The first-order valence-corrected chi connectivity index (χ1v) is 6.22.